The summed E-state index contributed by atoms with van der Waals surface area (Å²) in [5.74, 6) is 0.122. The lowest BCUT2D eigenvalue weighted by Crippen LogP contribution is -2.54. The summed E-state index contributed by atoms with van der Waals surface area (Å²) in [6, 6.07) is 7.68. The summed E-state index contributed by atoms with van der Waals surface area (Å²) in [5.41, 5.74) is 1.16. The molecule has 0 aromatic heterocycles. The van der Waals surface area contributed by atoms with E-state index in [1.807, 2.05) is 24.1 Å². The Kier molecular flexibility index (Phi) is 6.85. The zero-order chi connectivity index (χ0) is 18.4. The number of nitrogens with zero attached hydrogens (tertiary/aromatic N) is 3. The van der Waals surface area contributed by atoms with E-state index in [0.717, 1.165) is 63.8 Å². The van der Waals surface area contributed by atoms with Crippen LogP contribution in [0.25, 0.3) is 0 Å². The molecule has 1 aromatic rings. The molecule has 2 saturated heterocycles. The van der Waals surface area contributed by atoms with Crippen LogP contribution in [0.1, 0.15) is 5.56 Å². The standard InChI is InChI=1S/C19H29N3O4/c1-20-5-6-22(15-18(20)19(23)24)14-16-3-2-4-17(13-16)26-12-9-21-7-10-25-11-8-21/h2-4,13,18H,5-12,14-15H2,1H3,(H,23,24)/t18-/m1/s1. The molecule has 3 rings (SSSR count). The molecule has 0 unspecified atom stereocenters. The second-order valence-electron chi connectivity index (χ2n) is 7.02. The van der Waals surface area contributed by atoms with Gasteiger partial charge in [-0.2, -0.15) is 0 Å². The van der Waals surface area contributed by atoms with Gasteiger partial charge >= 0.3 is 5.97 Å². The largest absolute Gasteiger partial charge is 0.492 e. The third kappa shape index (κ3) is 5.41. The van der Waals surface area contributed by atoms with E-state index < -0.39 is 12.0 Å². The molecule has 2 heterocycles. The van der Waals surface area contributed by atoms with Crippen molar-refractivity contribution in [3.05, 3.63) is 29.8 Å². The minimum absolute atomic E-state index is 0.434. The number of likely N-dealkylation sites (N-methyl/N-ethyl adjacent to an activating group) is 1. The summed E-state index contributed by atoms with van der Waals surface area (Å²) in [6.07, 6.45) is 0. The Morgan fingerprint density at radius 2 is 2.04 bits per heavy atom. The van der Waals surface area contributed by atoms with Crippen molar-refractivity contribution >= 4 is 5.97 Å². The van der Waals surface area contributed by atoms with E-state index in [4.69, 9.17) is 9.47 Å². The molecule has 144 valence electrons. The molecular formula is C19H29N3O4. The number of ether oxygens (including phenoxy) is 2. The highest BCUT2D eigenvalue weighted by molar-refractivity contribution is 5.73. The first-order valence-electron chi connectivity index (χ1n) is 9.29. The molecule has 0 spiro atoms. The van der Waals surface area contributed by atoms with Crippen molar-refractivity contribution in [1.82, 2.24) is 14.7 Å². The Bertz CT molecular complexity index is 592. The average Bonchev–Trinajstić information content (AvgIpc) is 2.64. The van der Waals surface area contributed by atoms with E-state index >= 15 is 0 Å². The topological polar surface area (TPSA) is 65.5 Å². The predicted octanol–water partition coefficient (Wildman–Crippen LogP) is 0.598. The number of aliphatic carboxylic acids is 1. The number of carbonyl (C=O) groups is 1. The van der Waals surface area contributed by atoms with Crippen molar-refractivity contribution in [2.75, 3.05) is 66.1 Å². The first kappa shape index (κ1) is 19.1. The molecule has 1 aromatic carbocycles. The molecule has 2 aliphatic heterocycles. The summed E-state index contributed by atoms with van der Waals surface area (Å²) in [4.78, 5) is 17.8. The number of rotatable bonds is 7. The maximum absolute atomic E-state index is 11.4. The molecule has 0 amide bonds. The SMILES string of the molecule is CN1CCN(Cc2cccc(OCCN3CCOCC3)c2)C[C@@H]1C(=O)O. The second-order valence-corrected chi connectivity index (χ2v) is 7.02. The maximum atomic E-state index is 11.4. The molecule has 2 aliphatic rings. The van der Waals surface area contributed by atoms with Gasteiger partial charge in [-0.3, -0.25) is 19.5 Å². The van der Waals surface area contributed by atoms with Gasteiger partial charge in [0.1, 0.15) is 18.4 Å². The van der Waals surface area contributed by atoms with Crippen molar-refractivity contribution in [2.24, 2.45) is 0 Å². The number of morpholine rings is 1. The molecule has 7 heteroatoms. The van der Waals surface area contributed by atoms with Gasteiger partial charge in [-0.15, -0.1) is 0 Å². The van der Waals surface area contributed by atoms with E-state index in [9.17, 15) is 9.90 Å². The van der Waals surface area contributed by atoms with E-state index in [2.05, 4.69) is 21.9 Å². The summed E-state index contributed by atoms with van der Waals surface area (Å²) >= 11 is 0. The lowest BCUT2D eigenvalue weighted by atomic mass is 10.1. The molecule has 0 radical (unpaired) electrons. The number of benzene rings is 1. The average molecular weight is 363 g/mol. The fourth-order valence-corrected chi connectivity index (χ4v) is 3.45. The lowest BCUT2D eigenvalue weighted by Gasteiger charge is -2.37. The van der Waals surface area contributed by atoms with Crippen LogP contribution in [0, 0.1) is 0 Å². The van der Waals surface area contributed by atoms with Gasteiger partial charge in [0, 0.05) is 45.8 Å². The molecular weight excluding hydrogens is 334 g/mol. The number of hydrogen-bond acceptors (Lipinski definition) is 6. The monoisotopic (exact) mass is 363 g/mol. The number of carboxylic acids is 1. The molecule has 7 nitrogen and oxygen atoms in total. The lowest BCUT2D eigenvalue weighted by molar-refractivity contribution is -0.145. The molecule has 0 aliphatic carbocycles. The Morgan fingerprint density at radius 3 is 2.81 bits per heavy atom. The summed E-state index contributed by atoms with van der Waals surface area (Å²) in [5, 5.41) is 9.34. The highest BCUT2D eigenvalue weighted by Gasteiger charge is 2.29. The quantitative estimate of drug-likeness (QED) is 0.761. The van der Waals surface area contributed by atoms with E-state index in [0.29, 0.717) is 13.2 Å². The van der Waals surface area contributed by atoms with Gasteiger partial charge in [0.2, 0.25) is 0 Å². The van der Waals surface area contributed by atoms with Gasteiger partial charge in [-0.05, 0) is 24.7 Å². The van der Waals surface area contributed by atoms with E-state index in [-0.39, 0.29) is 0 Å². The maximum Gasteiger partial charge on any atom is 0.322 e. The third-order valence-corrected chi connectivity index (χ3v) is 5.10. The van der Waals surface area contributed by atoms with E-state index in [1.165, 1.54) is 0 Å². The normalized spacial score (nSPS) is 23.0. The van der Waals surface area contributed by atoms with Gasteiger partial charge in [-0.1, -0.05) is 12.1 Å². The van der Waals surface area contributed by atoms with Gasteiger partial charge in [0.15, 0.2) is 0 Å². The van der Waals surface area contributed by atoms with Crippen LogP contribution in [0.15, 0.2) is 24.3 Å². The molecule has 1 atom stereocenters. The van der Waals surface area contributed by atoms with Gasteiger partial charge in [-0.25, -0.2) is 0 Å². The Labute approximate surface area is 155 Å². The van der Waals surface area contributed by atoms with Crippen LogP contribution in [0.5, 0.6) is 5.75 Å². The van der Waals surface area contributed by atoms with Crippen molar-refractivity contribution in [2.45, 2.75) is 12.6 Å². The van der Waals surface area contributed by atoms with Crippen molar-refractivity contribution < 1.29 is 19.4 Å². The van der Waals surface area contributed by atoms with Crippen molar-refractivity contribution in [3.8, 4) is 5.75 Å². The van der Waals surface area contributed by atoms with Gasteiger partial charge in [0.25, 0.3) is 0 Å². The van der Waals surface area contributed by atoms with Gasteiger partial charge < -0.3 is 14.6 Å². The third-order valence-electron chi connectivity index (χ3n) is 5.10. The van der Waals surface area contributed by atoms with E-state index in [1.54, 1.807) is 0 Å². The Morgan fingerprint density at radius 1 is 1.23 bits per heavy atom. The highest BCUT2D eigenvalue weighted by Crippen LogP contribution is 2.17. The first-order valence-corrected chi connectivity index (χ1v) is 9.29. The smallest absolute Gasteiger partial charge is 0.322 e. The summed E-state index contributed by atoms with van der Waals surface area (Å²) in [6.45, 7) is 8.07. The highest BCUT2D eigenvalue weighted by atomic mass is 16.5. The fraction of sp³-hybridized carbons (Fsp3) is 0.632. The Hall–Kier alpha value is -1.67. The minimum Gasteiger partial charge on any atom is -0.492 e. The first-order chi connectivity index (χ1) is 12.6. The molecule has 26 heavy (non-hydrogen) atoms. The minimum atomic E-state index is -0.752. The zero-order valence-corrected chi connectivity index (χ0v) is 15.5. The molecule has 0 saturated carbocycles. The van der Waals surface area contributed by atoms with Crippen LogP contribution in [-0.2, 0) is 16.1 Å². The fourth-order valence-electron chi connectivity index (χ4n) is 3.45. The van der Waals surface area contributed by atoms with Gasteiger partial charge in [0.05, 0.1) is 13.2 Å². The van der Waals surface area contributed by atoms with Crippen LogP contribution >= 0.6 is 0 Å². The molecule has 0 bridgehead atoms. The Balaban J connectivity index is 1.48. The number of piperazine rings is 1. The van der Waals surface area contributed by atoms with Crippen LogP contribution in [0.2, 0.25) is 0 Å². The summed E-state index contributed by atoms with van der Waals surface area (Å²) < 4.78 is 11.3. The zero-order valence-electron chi connectivity index (χ0n) is 15.5. The number of hydrogen-bond donors (Lipinski definition) is 1. The van der Waals surface area contributed by atoms with Crippen LogP contribution in [-0.4, -0.2) is 98.0 Å². The van der Waals surface area contributed by atoms with Crippen molar-refractivity contribution in [1.29, 1.82) is 0 Å². The number of carboxylic acid groups (broad SMARTS) is 1. The van der Waals surface area contributed by atoms with Crippen molar-refractivity contribution in [3.63, 3.8) is 0 Å². The van der Waals surface area contributed by atoms with Crippen LogP contribution < -0.4 is 4.74 Å². The van der Waals surface area contributed by atoms with Crippen LogP contribution in [0.3, 0.4) is 0 Å². The molecule has 1 N–H and O–H groups in total. The summed E-state index contributed by atoms with van der Waals surface area (Å²) in [7, 11) is 1.87. The predicted molar refractivity (Wildman–Crippen MR) is 98.5 cm³/mol. The van der Waals surface area contributed by atoms with Crippen LogP contribution in [0.4, 0.5) is 0 Å². The second kappa shape index (κ2) is 9.32. The molecule has 2 fully saturated rings.